The van der Waals surface area contributed by atoms with E-state index in [2.05, 4.69) is 38.2 Å². The molecule has 0 heterocycles. The molecule has 3 heteroatoms. The number of hydrogen-bond donors (Lipinski definition) is 1. The number of rotatable bonds is 12. The second-order valence-corrected chi connectivity index (χ2v) is 6.25. The van der Waals surface area contributed by atoms with Gasteiger partial charge in [0, 0.05) is 6.54 Å². The van der Waals surface area contributed by atoms with Gasteiger partial charge in [-0.05, 0) is 43.0 Å². The molecule has 1 rings (SSSR count). The fourth-order valence-electron chi connectivity index (χ4n) is 2.26. The minimum Gasteiger partial charge on any atom is -0.493 e. The quantitative estimate of drug-likeness (QED) is 0.563. The van der Waals surface area contributed by atoms with Crippen LogP contribution in [0.5, 0.6) is 11.5 Å². The van der Waals surface area contributed by atoms with Gasteiger partial charge in [-0.3, -0.25) is 0 Å². The van der Waals surface area contributed by atoms with E-state index >= 15 is 0 Å². The van der Waals surface area contributed by atoms with Crippen LogP contribution in [0.4, 0.5) is 0 Å². The van der Waals surface area contributed by atoms with Crippen molar-refractivity contribution >= 4 is 0 Å². The highest BCUT2D eigenvalue weighted by atomic mass is 16.5. The van der Waals surface area contributed by atoms with Gasteiger partial charge >= 0.3 is 0 Å². The average molecular weight is 307 g/mol. The summed E-state index contributed by atoms with van der Waals surface area (Å²) in [5, 5.41) is 3.49. The van der Waals surface area contributed by atoms with Gasteiger partial charge < -0.3 is 14.8 Å². The lowest BCUT2D eigenvalue weighted by molar-refractivity contribution is 0.273. The molecule has 1 N–H and O–H groups in total. The molecule has 0 atom stereocenters. The zero-order chi connectivity index (χ0) is 16.2. The third kappa shape index (κ3) is 7.69. The van der Waals surface area contributed by atoms with Crippen molar-refractivity contribution < 1.29 is 9.47 Å². The molecule has 0 saturated heterocycles. The molecule has 0 aliphatic carbocycles. The highest BCUT2D eigenvalue weighted by molar-refractivity contribution is 5.42. The summed E-state index contributed by atoms with van der Waals surface area (Å²) in [6, 6.07) is 6.21. The number of benzene rings is 1. The minimum atomic E-state index is 0.655. The van der Waals surface area contributed by atoms with Crippen LogP contribution in [0.2, 0.25) is 0 Å². The summed E-state index contributed by atoms with van der Waals surface area (Å²) in [7, 11) is 1.70. The number of unbranched alkanes of at least 4 members (excludes halogenated alkanes) is 3. The van der Waals surface area contributed by atoms with E-state index in [4.69, 9.17) is 9.47 Å². The molecule has 0 bridgehead atoms. The Morgan fingerprint density at radius 1 is 1.09 bits per heavy atom. The molecule has 0 unspecified atom stereocenters. The van der Waals surface area contributed by atoms with E-state index in [1.54, 1.807) is 7.11 Å². The molecule has 0 radical (unpaired) electrons. The molecule has 0 fully saturated rings. The predicted molar refractivity (Wildman–Crippen MR) is 93.8 cm³/mol. The van der Waals surface area contributed by atoms with Crippen LogP contribution in [0.1, 0.15) is 58.4 Å². The monoisotopic (exact) mass is 307 g/mol. The highest BCUT2D eigenvalue weighted by Gasteiger charge is 2.06. The smallest absolute Gasteiger partial charge is 0.161 e. The molecule has 0 amide bonds. The Morgan fingerprint density at radius 2 is 1.91 bits per heavy atom. The van der Waals surface area contributed by atoms with Crippen molar-refractivity contribution in [2.45, 2.75) is 59.4 Å². The third-order valence-corrected chi connectivity index (χ3v) is 3.72. The molecule has 0 spiro atoms. The second-order valence-electron chi connectivity index (χ2n) is 6.25. The Morgan fingerprint density at radius 3 is 2.59 bits per heavy atom. The zero-order valence-corrected chi connectivity index (χ0v) is 14.8. The van der Waals surface area contributed by atoms with Crippen molar-refractivity contribution in [3.8, 4) is 11.5 Å². The predicted octanol–water partition coefficient (Wildman–Crippen LogP) is 4.79. The van der Waals surface area contributed by atoms with Crippen molar-refractivity contribution in [1.29, 1.82) is 0 Å². The molecular formula is C19H33NO2. The first-order valence-electron chi connectivity index (χ1n) is 8.67. The largest absolute Gasteiger partial charge is 0.493 e. The summed E-state index contributed by atoms with van der Waals surface area (Å²) in [5.41, 5.74) is 1.24. The van der Waals surface area contributed by atoms with E-state index in [1.807, 2.05) is 6.07 Å². The van der Waals surface area contributed by atoms with Gasteiger partial charge in [-0.25, -0.2) is 0 Å². The number of nitrogens with one attached hydrogen (secondary N) is 1. The van der Waals surface area contributed by atoms with Gasteiger partial charge in [-0.15, -0.1) is 0 Å². The van der Waals surface area contributed by atoms with Gasteiger partial charge in [0.2, 0.25) is 0 Å². The fraction of sp³-hybridized carbons (Fsp3) is 0.684. The lowest BCUT2D eigenvalue weighted by atomic mass is 10.1. The first kappa shape index (κ1) is 18.8. The van der Waals surface area contributed by atoms with Crippen LogP contribution >= 0.6 is 0 Å². The highest BCUT2D eigenvalue weighted by Crippen LogP contribution is 2.28. The van der Waals surface area contributed by atoms with Crippen LogP contribution in [-0.2, 0) is 6.54 Å². The van der Waals surface area contributed by atoms with Crippen molar-refractivity contribution in [3.05, 3.63) is 23.8 Å². The Kier molecular flexibility index (Phi) is 9.72. The molecule has 126 valence electrons. The van der Waals surface area contributed by atoms with Crippen LogP contribution in [0.15, 0.2) is 18.2 Å². The summed E-state index contributed by atoms with van der Waals surface area (Å²) in [6.07, 6.45) is 6.24. The molecule has 0 aromatic heterocycles. The van der Waals surface area contributed by atoms with Crippen LogP contribution < -0.4 is 14.8 Å². The van der Waals surface area contributed by atoms with Crippen molar-refractivity contribution in [2.75, 3.05) is 20.3 Å². The topological polar surface area (TPSA) is 30.5 Å². The summed E-state index contributed by atoms with van der Waals surface area (Å²) in [4.78, 5) is 0. The molecule has 0 aliphatic rings. The Labute approximate surface area is 136 Å². The molecule has 3 nitrogen and oxygen atoms in total. The van der Waals surface area contributed by atoms with Gasteiger partial charge in [0.05, 0.1) is 13.7 Å². The summed E-state index contributed by atoms with van der Waals surface area (Å²) >= 11 is 0. The van der Waals surface area contributed by atoms with Gasteiger partial charge in [-0.2, -0.15) is 0 Å². The number of hydrogen-bond acceptors (Lipinski definition) is 3. The average Bonchev–Trinajstić information content (AvgIpc) is 2.51. The van der Waals surface area contributed by atoms with Crippen molar-refractivity contribution in [1.82, 2.24) is 5.32 Å². The van der Waals surface area contributed by atoms with Gasteiger partial charge in [0.1, 0.15) is 0 Å². The summed E-state index contributed by atoms with van der Waals surface area (Å²) < 4.78 is 11.3. The maximum Gasteiger partial charge on any atom is 0.161 e. The number of methoxy groups -OCH3 is 1. The van der Waals surface area contributed by atoms with E-state index in [9.17, 15) is 0 Å². The SMILES string of the molecule is CCCCCCNCc1ccc(OCCC(C)C)c(OC)c1. The van der Waals surface area contributed by atoms with Crippen LogP contribution in [-0.4, -0.2) is 20.3 Å². The van der Waals surface area contributed by atoms with E-state index in [0.717, 1.165) is 37.6 Å². The lowest BCUT2D eigenvalue weighted by Gasteiger charge is -2.13. The maximum atomic E-state index is 5.82. The fourth-order valence-corrected chi connectivity index (χ4v) is 2.26. The van der Waals surface area contributed by atoms with Crippen LogP contribution in [0.25, 0.3) is 0 Å². The third-order valence-electron chi connectivity index (χ3n) is 3.72. The van der Waals surface area contributed by atoms with Crippen LogP contribution in [0, 0.1) is 5.92 Å². The Bertz CT molecular complexity index is 404. The molecular weight excluding hydrogens is 274 g/mol. The van der Waals surface area contributed by atoms with Crippen LogP contribution in [0.3, 0.4) is 0 Å². The van der Waals surface area contributed by atoms with E-state index in [1.165, 1.54) is 31.2 Å². The number of ether oxygens (including phenoxy) is 2. The molecule has 1 aromatic carbocycles. The van der Waals surface area contributed by atoms with Gasteiger partial charge in [0.25, 0.3) is 0 Å². The van der Waals surface area contributed by atoms with Crippen molar-refractivity contribution in [3.63, 3.8) is 0 Å². The second kappa shape index (κ2) is 11.4. The molecule has 22 heavy (non-hydrogen) atoms. The maximum absolute atomic E-state index is 5.82. The molecule has 0 aliphatic heterocycles. The van der Waals surface area contributed by atoms with Gasteiger partial charge in [0.15, 0.2) is 11.5 Å². The van der Waals surface area contributed by atoms with E-state index in [0.29, 0.717) is 5.92 Å². The first-order valence-corrected chi connectivity index (χ1v) is 8.67. The minimum absolute atomic E-state index is 0.655. The zero-order valence-electron chi connectivity index (χ0n) is 14.8. The van der Waals surface area contributed by atoms with Crippen molar-refractivity contribution in [2.24, 2.45) is 5.92 Å². The molecule has 1 aromatic rings. The van der Waals surface area contributed by atoms with E-state index in [-0.39, 0.29) is 0 Å². The lowest BCUT2D eigenvalue weighted by Crippen LogP contribution is -2.14. The summed E-state index contributed by atoms with van der Waals surface area (Å²) in [6.45, 7) is 9.35. The molecule has 0 saturated carbocycles. The van der Waals surface area contributed by atoms with Gasteiger partial charge in [-0.1, -0.05) is 46.1 Å². The Hall–Kier alpha value is -1.22. The standard InChI is InChI=1S/C19H33NO2/c1-5-6-7-8-12-20-15-17-9-10-18(19(14-17)21-4)22-13-11-16(2)3/h9-10,14,16,20H,5-8,11-13,15H2,1-4H3. The first-order chi connectivity index (χ1) is 10.7. The Balaban J connectivity index is 2.39. The summed E-state index contributed by atoms with van der Waals surface area (Å²) in [5.74, 6) is 2.33. The normalized spacial score (nSPS) is 11.0. The van der Waals surface area contributed by atoms with E-state index < -0.39 is 0 Å².